The number of amides is 3. The summed E-state index contributed by atoms with van der Waals surface area (Å²) in [7, 11) is 0. The Balaban J connectivity index is 1.54. The number of fused-ring (bicyclic) bond motifs is 1. The van der Waals surface area contributed by atoms with E-state index >= 15 is 0 Å². The van der Waals surface area contributed by atoms with E-state index < -0.39 is 0 Å². The molecule has 146 valence electrons. The minimum Gasteiger partial charge on any atom is -0.348 e. The van der Waals surface area contributed by atoms with Crippen LogP contribution in [-0.2, 0) is 17.8 Å². The predicted octanol–water partition coefficient (Wildman–Crippen LogP) is 2.32. The maximum atomic E-state index is 12.8. The number of imidazole rings is 1. The molecule has 1 aromatic heterocycles. The molecule has 2 heterocycles. The van der Waals surface area contributed by atoms with Crippen molar-refractivity contribution in [3.05, 3.63) is 41.5 Å². The van der Waals surface area contributed by atoms with Crippen molar-refractivity contribution >= 4 is 29.1 Å². The van der Waals surface area contributed by atoms with Crippen LogP contribution in [0.4, 0.5) is 11.4 Å². The monoisotopic (exact) mass is 381 g/mol. The summed E-state index contributed by atoms with van der Waals surface area (Å²) in [5, 5.41) is 8.47. The van der Waals surface area contributed by atoms with Crippen LogP contribution in [0.15, 0.2) is 24.3 Å². The van der Waals surface area contributed by atoms with E-state index in [0.717, 1.165) is 37.8 Å². The summed E-state index contributed by atoms with van der Waals surface area (Å²) in [4.78, 5) is 40.9. The zero-order chi connectivity index (χ0) is 19.7. The molecule has 0 saturated heterocycles. The summed E-state index contributed by atoms with van der Waals surface area (Å²) in [5.41, 5.74) is 2.47. The molecule has 1 aromatic carbocycles. The first-order valence-electron chi connectivity index (χ1n) is 9.60. The first kappa shape index (κ1) is 18.2. The maximum absolute atomic E-state index is 12.8. The van der Waals surface area contributed by atoms with Crippen molar-refractivity contribution < 1.29 is 14.4 Å². The fourth-order valence-electron chi connectivity index (χ4n) is 3.41. The van der Waals surface area contributed by atoms with Gasteiger partial charge in [-0.1, -0.05) is 0 Å². The third kappa shape index (κ3) is 3.90. The molecular formula is C20H23N5O3. The molecule has 1 fully saturated rings. The molecule has 2 aromatic rings. The highest BCUT2D eigenvalue weighted by molar-refractivity contribution is 6.04. The Kier molecular flexibility index (Phi) is 4.85. The van der Waals surface area contributed by atoms with Gasteiger partial charge in [-0.15, -0.1) is 0 Å². The number of hydrogen-bond acceptors (Lipinski definition) is 4. The molecule has 2 aliphatic rings. The van der Waals surface area contributed by atoms with Crippen molar-refractivity contribution in [3.8, 4) is 0 Å². The molecule has 3 amide bonds. The molecule has 0 radical (unpaired) electrons. The van der Waals surface area contributed by atoms with Gasteiger partial charge in [0.2, 0.25) is 5.91 Å². The standard InChI is InChI=1S/C20H23N5O3/c1-12(26)21-13-5-7-15(8-6-13)23-20(28)18-24-17(19(27)22-14-9-10-14)16-4-2-3-11-25(16)18/h5-8,14H,2-4,9-11H2,1H3,(H,21,26)(H,22,27)(H,23,28). The fourth-order valence-corrected chi connectivity index (χ4v) is 3.41. The van der Waals surface area contributed by atoms with E-state index in [0.29, 0.717) is 23.6 Å². The van der Waals surface area contributed by atoms with Crippen molar-refractivity contribution in [2.75, 3.05) is 10.6 Å². The lowest BCUT2D eigenvalue weighted by molar-refractivity contribution is -0.114. The van der Waals surface area contributed by atoms with E-state index in [9.17, 15) is 14.4 Å². The lowest BCUT2D eigenvalue weighted by Crippen LogP contribution is -2.27. The zero-order valence-electron chi connectivity index (χ0n) is 15.7. The van der Waals surface area contributed by atoms with Crippen LogP contribution in [0.25, 0.3) is 0 Å². The average Bonchev–Trinajstić information content (AvgIpc) is 3.39. The first-order chi connectivity index (χ1) is 13.5. The number of aromatic nitrogens is 2. The number of anilines is 2. The number of carbonyl (C=O) groups is 3. The van der Waals surface area contributed by atoms with Crippen molar-refractivity contribution in [3.63, 3.8) is 0 Å². The van der Waals surface area contributed by atoms with E-state index in [2.05, 4.69) is 20.9 Å². The van der Waals surface area contributed by atoms with Crippen LogP contribution in [0.3, 0.4) is 0 Å². The zero-order valence-corrected chi connectivity index (χ0v) is 15.7. The first-order valence-corrected chi connectivity index (χ1v) is 9.60. The van der Waals surface area contributed by atoms with Gasteiger partial charge in [0, 0.05) is 30.9 Å². The number of rotatable bonds is 5. The van der Waals surface area contributed by atoms with Crippen LogP contribution in [0, 0.1) is 0 Å². The van der Waals surface area contributed by atoms with Gasteiger partial charge in [0.25, 0.3) is 11.8 Å². The fraction of sp³-hybridized carbons (Fsp3) is 0.400. The molecule has 1 aliphatic carbocycles. The molecule has 28 heavy (non-hydrogen) atoms. The molecule has 0 atom stereocenters. The molecule has 0 unspecified atom stereocenters. The highest BCUT2D eigenvalue weighted by Crippen LogP contribution is 2.24. The van der Waals surface area contributed by atoms with Crippen LogP contribution >= 0.6 is 0 Å². The van der Waals surface area contributed by atoms with Gasteiger partial charge in [0.1, 0.15) is 5.69 Å². The van der Waals surface area contributed by atoms with E-state index in [-0.39, 0.29) is 29.6 Å². The number of carbonyl (C=O) groups excluding carboxylic acids is 3. The Morgan fingerprint density at radius 3 is 2.32 bits per heavy atom. The predicted molar refractivity (Wildman–Crippen MR) is 104 cm³/mol. The molecule has 1 saturated carbocycles. The molecule has 4 rings (SSSR count). The molecule has 3 N–H and O–H groups in total. The van der Waals surface area contributed by atoms with Crippen LogP contribution in [0.2, 0.25) is 0 Å². The summed E-state index contributed by atoms with van der Waals surface area (Å²) in [6, 6.07) is 7.10. The van der Waals surface area contributed by atoms with Crippen LogP contribution in [0.5, 0.6) is 0 Å². The molecule has 0 bridgehead atoms. The third-order valence-electron chi connectivity index (χ3n) is 4.91. The SMILES string of the molecule is CC(=O)Nc1ccc(NC(=O)c2nc(C(=O)NC3CC3)c3n2CCCC3)cc1. The highest BCUT2D eigenvalue weighted by atomic mass is 16.2. The van der Waals surface area contributed by atoms with Gasteiger partial charge in [-0.2, -0.15) is 0 Å². The number of benzene rings is 1. The lowest BCUT2D eigenvalue weighted by atomic mass is 10.1. The topological polar surface area (TPSA) is 105 Å². The second-order valence-corrected chi connectivity index (χ2v) is 7.30. The van der Waals surface area contributed by atoms with Crippen molar-refractivity contribution in [2.24, 2.45) is 0 Å². The van der Waals surface area contributed by atoms with Crippen LogP contribution < -0.4 is 16.0 Å². The summed E-state index contributed by atoms with van der Waals surface area (Å²) < 4.78 is 1.87. The summed E-state index contributed by atoms with van der Waals surface area (Å²) in [6.07, 6.45) is 4.70. The van der Waals surface area contributed by atoms with E-state index in [1.807, 2.05) is 4.57 Å². The third-order valence-corrected chi connectivity index (χ3v) is 4.91. The Morgan fingerprint density at radius 1 is 1.00 bits per heavy atom. The van der Waals surface area contributed by atoms with E-state index in [1.165, 1.54) is 6.92 Å². The van der Waals surface area contributed by atoms with E-state index in [4.69, 9.17) is 0 Å². The minimum absolute atomic E-state index is 0.155. The van der Waals surface area contributed by atoms with Crippen molar-refractivity contribution in [2.45, 2.75) is 51.6 Å². The van der Waals surface area contributed by atoms with Gasteiger partial charge < -0.3 is 20.5 Å². The van der Waals surface area contributed by atoms with Gasteiger partial charge in [-0.3, -0.25) is 14.4 Å². The molecule has 8 heteroatoms. The second-order valence-electron chi connectivity index (χ2n) is 7.30. The Morgan fingerprint density at radius 2 is 1.68 bits per heavy atom. The molecule has 1 aliphatic heterocycles. The van der Waals surface area contributed by atoms with Gasteiger partial charge in [-0.25, -0.2) is 4.98 Å². The number of hydrogen-bond donors (Lipinski definition) is 3. The smallest absolute Gasteiger partial charge is 0.291 e. The average molecular weight is 381 g/mol. The maximum Gasteiger partial charge on any atom is 0.291 e. The van der Waals surface area contributed by atoms with Gasteiger partial charge in [0.15, 0.2) is 5.82 Å². The number of nitrogens with zero attached hydrogens (tertiary/aromatic N) is 2. The minimum atomic E-state index is -0.346. The van der Waals surface area contributed by atoms with Crippen LogP contribution in [0.1, 0.15) is 59.4 Å². The lowest BCUT2D eigenvalue weighted by Gasteiger charge is -2.17. The van der Waals surface area contributed by atoms with Crippen molar-refractivity contribution in [1.82, 2.24) is 14.9 Å². The summed E-state index contributed by atoms with van der Waals surface area (Å²) >= 11 is 0. The van der Waals surface area contributed by atoms with Gasteiger partial charge in [-0.05, 0) is 56.4 Å². The summed E-state index contributed by atoms with van der Waals surface area (Å²) in [5.74, 6) is -0.424. The Bertz CT molecular complexity index is 928. The van der Waals surface area contributed by atoms with E-state index in [1.54, 1.807) is 24.3 Å². The summed E-state index contributed by atoms with van der Waals surface area (Å²) in [6.45, 7) is 2.12. The largest absolute Gasteiger partial charge is 0.348 e. The van der Waals surface area contributed by atoms with Crippen molar-refractivity contribution in [1.29, 1.82) is 0 Å². The normalized spacial score (nSPS) is 15.5. The highest BCUT2D eigenvalue weighted by Gasteiger charge is 2.30. The quantitative estimate of drug-likeness (QED) is 0.739. The number of nitrogens with one attached hydrogen (secondary N) is 3. The molecule has 8 nitrogen and oxygen atoms in total. The Hall–Kier alpha value is -3.16. The van der Waals surface area contributed by atoms with Gasteiger partial charge >= 0.3 is 0 Å². The van der Waals surface area contributed by atoms with Crippen LogP contribution in [-0.4, -0.2) is 33.3 Å². The molecular weight excluding hydrogens is 358 g/mol. The second kappa shape index (κ2) is 7.46. The van der Waals surface area contributed by atoms with Gasteiger partial charge in [0.05, 0.1) is 5.69 Å². The Labute approximate surface area is 162 Å². The molecule has 0 spiro atoms.